The number of amides is 1. The van der Waals surface area contributed by atoms with Crippen LogP contribution in [0, 0.1) is 5.92 Å². The third-order valence-corrected chi connectivity index (χ3v) is 6.23. The fraction of sp³-hybridized carbons (Fsp3) is 0.423. The summed E-state index contributed by atoms with van der Waals surface area (Å²) in [6.45, 7) is 7.19. The minimum Gasteiger partial charge on any atom is -0.494 e. The van der Waals surface area contributed by atoms with Crippen LogP contribution in [0.5, 0.6) is 5.75 Å². The van der Waals surface area contributed by atoms with Gasteiger partial charge in [-0.15, -0.1) is 0 Å². The average Bonchev–Trinajstić information content (AvgIpc) is 2.85. The van der Waals surface area contributed by atoms with Gasteiger partial charge in [-0.1, -0.05) is 42.5 Å². The van der Waals surface area contributed by atoms with Crippen molar-refractivity contribution in [3.63, 3.8) is 0 Å². The van der Waals surface area contributed by atoms with Crippen molar-refractivity contribution in [1.29, 1.82) is 0 Å². The molecule has 0 atom stereocenters. The number of hydrogen-bond acceptors (Lipinski definition) is 5. The van der Waals surface area contributed by atoms with Crippen LogP contribution in [0.4, 0.5) is 0 Å². The summed E-state index contributed by atoms with van der Waals surface area (Å²) in [6.07, 6.45) is 2.89. The van der Waals surface area contributed by atoms with Gasteiger partial charge in [0.05, 0.1) is 6.61 Å². The predicted molar refractivity (Wildman–Crippen MR) is 126 cm³/mol. The first-order chi connectivity index (χ1) is 16.4. The number of carbonyl (C=O) groups is 3. The van der Waals surface area contributed by atoms with Gasteiger partial charge in [-0.25, -0.2) is 9.59 Å². The highest BCUT2D eigenvalue weighted by atomic mass is 16.5. The number of carbonyl (C=O) groups excluding carboxylic acids is 1. The zero-order valence-electron chi connectivity index (χ0n) is 19.5. The molecule has 0 unspecified atom stereocenters. The Morgan fingerprint density at radius 2 is 1.53 bits per heavy atom. The van der Waals surface area contributed by atoms with Crippen molar-refractivity contribution >= 4 is 17.8 Å². The molecule has 34 heavy (non-hydrogen) atoms. The molecule has 2 aliphatic rings. The molecule has 0 saturated carbocycles. The number of para-hydroxylation sites is 1. The van der Waals surface area contributed by atoms with E-state index in [1.54, 1.807) is 0 Å². The number of likely N-dealkylation sites (tertiary alicyclic amines) is 1. The lowest BCUT2D eigenvalue weighted by atomic mass is 9.93. The van der Waals surface area contributed by atoms with Gasteiger partial charge < -0.3 is 19.8 Å². The third-order valence-electron chi connectivity index (χ3n) is 6.23. The summed E-state index contributed by atoms with van der Waals surface area (Å²) in [6, 6.07) is 16.8. The first kappa shape index (κ1) is 25.2. The fourth-order valence-corrected chi connectivity index (χ4v) is 4.45. The Morgan fingerprint density at radius 3 is 2.18 bits per heavy atom. The van der Waals surface area contributed by atoms with E-state index in [1.807, 2.05) is 19.1 Å². The van der Waals surface area contributed by atoms with Crippen molar-refractivity contribution in [3.8, 4) is 5.75 Å². The third kappa shape index (κ3) is 6.81. The molecule has 0 bridgehead atoms. The molecule has 182 valence electrons. The van der Waals surface area contributed by atoms with Crippen LogP contribution in [0.1, 0.15) is 36.5 Å². The SMILES string of the molecule is CCOc1ccccc1CN1CCC(C(=O)N2CCc3ccccc3C2)CC1.O=C(O)C(=O)O. The standard InChI is InChI=1S/C24H30N2O2.C2H2O4/c1-2-28-23-10-6-5-9-22(23)17-25-14-11-20(12-15-25)24(27)26-16-13-19-7-3-4-8-21(19)18-26;3-1(4)2(5)6/h3-10,20H,2,11-18H2,1H3;(H,3,4)(H,5,6). The van der Waals surface area contributed by atoms with E-state index in [9.17, 15) is 4.79 Å². The Labute approximate surface area is 199 Å². The summed E-state index contributed by atoms with van der Waals surface area (Å²) in [4.78, 5) is 35.8. The summed E-state index contributed by atoms with van der Waals surface area (Å²) in [7, 11) is 0. The van der Waals surface area contributed by atoms with Gasteiger partial charge in [-0.2, -0.15) is 0 Å². The highest BCUT2D eigenvalue weighted by Gasteiger charge is 2.30. The molecule has 2 aromatic rings. The minimum absolute atomic E-state index is 0.170. The molecule has 8 heteroatoms. The normalized spacial score (nSPS) is 16.1. The van der Waals surface area contributed by atoms with Crippen molar-refractivity contribution in [2.24, 2.45) is 5.92 Å². The molecule has 2 heterocycles. The largest absolute Gasteiger partial charge is 0.494 e. The van der Waals surface area contributed by atoms with Gasteiger partial charge in [0, 0.05) is 31.1 Å². The Kier molecular flexibility index (Phi) is 9.04. The smallest absolute Gasteiger partial charge is 0.414 e. The van der Waals surface area contributed by atoms with E-state index < -0.39 is 11.9 Å². The number of aliphatic carboxylic acids is 2. The second-order valence-electron chi connectivity index (χ2n) is 8.48. The highest BCUT2D eigenvalue weighted by Crippen LogP contribution is 2.27. The van der Waals surface area contributed by atoms with Crippen LogP contribution < -0.4 is 4.74 Å². The lowest BCUT2D eigenvalue weighted by Crippen LogP contribution is -2.44. The molecular formula is C26H32N2O6. The second-order valence-corrected chi connectivity index (χ2v) is 8.48. The van der Waals surface area contributed by atoms with Crippen molar-refractivity contribution in [1.82, 2.24) is 9.80 Å². The topological polar surface area (TPSA) is 107 Å². The van der Waals surface area contributed by atoms with Crippen LogP contribution >= 0.6 is 0 Å². The molecular weight excluding hydrogens is 436 g/mol. The van der Waals surface area contributed by atoms with Crippen LogP contribution in [0.2, 0.25) is 0 Å². The Balaban J connectivity index is 0.000000481. The number of fused-ring (bicyclic) bond motifs is 1. The molecule has 0 radical (unpaired) electrons. The monoisotopic (exact) mass is 468 g/mol. The summed E-state index contributed by atoms with van der Waals surface area (Å²) < 4.78 is 5.76. The number of carboxylic acid groups (broad SMARTS) is 2. The van der Waals surface area contributed by atoms with Gasteiger partial charge in [0.1, 0.15) is 5.75 Å². The molecule has 4 rings (SSSR count). The molecule has 1 saturated heterocycles. The molecule has 0 aliphatic carbocycles. The van der Waals surface area contributed by atoms with Gasteiger partial charge in [0.15, 0.2) is 0 Å². The first-order valence-corrected chi connectivity index (χ1v) is 11.6. The molecule has 0 spiro atoms. The number of piperidine rings is 1. The van der Waals surface area contributed by atoms with Crippen LogP contribution in [-0.2, 0) is 33.9 Å². The van der Waals surface area contributed by atoms with E-state index in [-0.39, 0.29) is 5.92 Å². The maximum atomic E-state index is 13.1. The quantitative estimate of drug-likeness (QED) is 0.650. The van der Waals surface area contributed by atoms with Gasteiger partial charge in [-0.05, 0) is 56.5 Å². The lowest BCUT2D eigenvalue weighted by Gasteiger charge is -2.36. The van der Waals surface area contributed by atoms with Crippen LogP contribution in [0.3, 0.4) is 0 Å². The Bertz CT molecular complexity index is 988. The van der Waals surface area contributed by atoms with E-state index in [0.29, 0.717) is 12.5 Å². The summed E-state index contributed by atoms with van der Waals surface area (Å²) in [5.74, 6) is -2.15. The summed E-state index contributed by atoms with van der Waals surface area (Å²) in [5, 5.41) is 14.8. The molecule has 1 fully saturated rings. The van der Waals surface area contributed by atoms with Crippen LogP contribution in [0.15, 0.2) is 48.5 Å². The van der Waals surface area contributed by atoms with E-state index >= 15 is 0 Å². The highest BCUT2D eigenvalue weighted by molar-refractivity contribution is 6.27. The van der Waals surface area contributed by atoms with Crippen molar-refractivity contribution in [2.45, 2.75) is 39.3 Å². The Hall–Kier alpha value is -3.39. The number of ether oxygens (including phenoxy) is 1. The lowest BCUT2D eigenvalue weighted by molar-refractivity contribution is -0.159. The molecule has 2 aliphatic heterocycles. The number of carboxylic acids is 2. The van der Waals surface area contributed by atoms with E-state index in [0.717, 1.165) is 57.7 Å². The molecule has 2 N–H and O–H groups in total. The molecule has 0 aromatic heterocycles. The van der Waals surface area contributed by atoms with Gasteiger partial charge in [-0.3, -0.25) is 9.69 Å². The zero-order valence-corrected chi connectivity index (χ0v) is 19.5. The number of benzene rings is 2. The maximum Gasteiger partial charge on any atom is 0.414 e. The first-order valence-electron chi connectivity index (χ1n) is 11.6. The van der Waals surface area contributed by atoms with Crippen LogP contribution in [-0.4, -0.2) is 64.1 Å². The van der Waals surface area contributed by atoms with Gasteiger partial charge in [0.25, 0.3) is 0 Å². The molecule has 8 nitrogen and oxygen atoms in total. The van der Waals surface area contributed by atoms with Gasteiger partial charge in [0.2, 0.25) is 5.91 Å². The minimum atomic E-state index is -1.82. The average molecular weight is 469 g/mol. The number of hydrogen-bond donors (Lipinski definition) is 2. The molecule has 2 aromatic carbocycles. The number of nitrogens with zero attached hydrogens (tertiary/aromatic N) is 2. The van der Waals surface area contributed by atoms with Crippen molar-refractivity contribution in [3.05, 3.63) is 65.2 Å². The summed E-state index contributed by atoms with van der Waals surface area (Å²) in [5.41, 5.74) is 3.95. The maximum absolute atomic E-state index is 13.1. The van der Waals surface area contributed by atoms with Crippen molar-refractivity contribution in [2.75, 3.05) is 26.2 Å². The van der Waals surface area contributed by atoms with E-state index in [2.05, 4.69) is 46.2 Å². The van der Waals surface area contributed by atoms with Crippen molar-refractivity contribution < 1.29 is 29.3 Å². The fourth-order valence-electron chi connectivity index (χ4n) is 4.45. The van der Waals surface area contributed by atoms with E-state index in [4.69, 9.17) is 24.5 Å². The van der Waals surface area contributed by atoms with E-state index in [1.165, 1.54) is 16.7 Å². The summed E-state index contributed by atoms with van der Waals surface area (Å²) >= 11 is 0. The van der Waals surface area contributed by atoms with Crippen LogP contribution in [0.25, 0.3) is 0 Å². The Morgan fingerprint density at radius 1 is 0.912 bits per heavy atom. The second kappa shape index (κ2) is 12.2. The number of rotatable bonds is 5. The zero-order chi connectivity index (χ0) is 24.5. The predicted octanol–water partition coefficient (Wildman–Crippen LogP) is 3.04. The van der Waals surface area contributed by atoms with Gasteiger partial charge >= 0.3 is 11.9 Å². The molecule has 1 amide bonds.